The Morgan fingerprint density at radius 1 is 1.19 bits per heavy atom. The maximum Gasteiger partial charge on any atom is 0.340 e. The monoisotopic (exact) mass is 403 g/mol. The number of halogens is 2. The summed E-state index contributed by atoms with van der Waals surface area (Å²) >= 11 is 11.8. The van der Waals surface area contributed by atoms with Crippen molar-refractivity contribution in [2.24, 2.45) is 0 Å². The molecule has 2 aromatic rings. The predicted molar refractivity (Wildman–Crippen MR) is 105 cm³/mol. The summed E-state index contributed by atoms with van der Waals surface area (Å²) in [4.78, 5) is 24.4. The average molecular weight is 404 g/mol. The molecule has 8 heteroatoms. The number of hydrogen-bond acceptors (Lipinski definition) is 5. The molecule has 0 aromatic heterocycles. The Balaban J connectivity index is 2.18. The summed E-state index contributed by atoms with van der Waals surface area (Å²) in [5.41, 5.74) is 0.747. The van der Waals surface area contributed by atoms with Crippen molar-refractivity contribution in [1.82, 2.24) is 0 Å². The number of benzene rings is 2. The van der Waals surface area contributed by atoms with Crippen molar-refractivity contribution in [1.29, 1.82) is 5.26 Å². The van der Waals surface area contributed by atoms with Crippen molar-refractivity contribution >= 4 is 46.5 Å². The van der Waals surface area contributed by atoms with Crippen molar-refractivity contribution < 1.29 is 14.3 Å². The molecule has 27 heavy (non-hydrogen) atoms. The highest BCUT2D eigenvalue weighted by Gasteiger charge is 2.16. The van der Waals surface area contributed by atoms with Crippen LogP contribution in [0.4, 0.5) is 11.4 Å². The van der Waals surface area contributed by atoms with Gasteiger partial charge in [-0.05, 0) is 37.3 Å². The molecule has 0 fully saturated rings. The van der Waals surface area contributed by atoms with Crippen LogP contribution < -0.4 is 10.6 Å². The fourth-order valence-corrected chi connectivity index (χ4v) is 2.64. The van der Waals surface area contributed by atoms with Gasteiger partial charge in [-0.25, -0.2) is 4.79 Å². The van der Waals surface area contributed by atoms with Crippen molar-refractivity contribution in [2.75, 3.05) is 17.2 Å². The number of esters is 1. The number of carbonyl (C=O) groups is 2. The maximum atomic E-state index is 12.4. The van der Waals surface area contributed by atoms with Crippen molar-refractivity contribution in [3.05, 3.63) is 69.8 Å². The SMILES string of the molecule is CCOC(=O)c1ccccc1NC(=O)/C(C#N)=C\Nc1cc(Cl)cc(Cl)c1. The van der Waals surface area contributed by atoms with E-state index in [0.29, 0.717) is 15.7 Å². The van der Waals surface area contributed by atoms with Crippen LogP contribution in [0.15, 0.2) is 54.2 Å². The highest BCUT2D eigenvalue weighted by Crippen LogP contribution is 2.23. The van der Waals surface area contributed by atoms with Crippen molar-refractivity contribution in [3.8, 4) is 6.07 Å². The third-order valence-corrected chi connectivity index (χ3v) is 3.72. The molecule has 0 unspecified atom stereocenters. The Bertz CT molecular complexity index is 916. The molecule has 0 spiro atoms. The molecular weight excluding hydrogens is 389 g/mol. The van der Waals surface area contributed by atoms with E-state index in [0.717, 1.165) is 0 Å². The fraction of sp³-hybridized carbons (Fsp3) is 0.105. The third kappa shape index (κ3) is 5.74. The molecular formula is C19H15Cl2N3O3. The Morgan fingerprint density at radius 2 is 1.85 bits per heavy atom. The van der Waals surface area contributed by atoms with E-state index in [1.807, 2.05) is 0 Å². The second kappa shape index (κ2) is 9.62. The number of nitriles is 1. The molecule has 0 saturated heterocycles. The molecule has 0 heterocycles. The molecule has 6 nitrogen and oxygen atoms in total. The molecule has 0 aliphatic heterocycles. The van der Waals surface area contributed by atoms with Gasteiger partial charge in [0.2, 0.25) is 0 Å². The molecule has 2 rings (SSSR count). The van der Waals surface area contributed by atoms with Crippen LogP contribution >= 0.6 is 23.2 Å². The minimum absolute atomic E-state index is 0.194. The molecule has 0 aliphatic rings. The lowest BCUT2D eigenvalue weighted by atomic mass is 10.1. The quantitative estimate of drug-likeness (QED) is 0.416. The first-order valence-electron chi connectivity index (χ1n) is 7.85. The van der Waals surface area contributed by atoms with Gasteiger partial charge in [-0.3, -0.25) is 4.79 Å². The first-order chi connectivity index (χ1) is 12.9. The van der Waals surface area contributed by atoms with E-state index >= 15 is 0 Å². The molecule has 1 amide bonds. The van der Waals surface area contributed by atoms with Crippen LogP contribution in [0.5, 0.6) is 0 Å². The van der Waals surface area contributed by atoms with Gasteiger partial charge < -0.3 is 15.4 Å². The zero-order valence-corrected chi connectivity index (χ0v) is 15.8. The molecule has 0 bridgehead atoms. The molecule has 0 atom stereocenters. The summed E-state index contributed by atoms with van der Waals surface area (Å²) in [6, 6.07) is 12.9. The predicted octanol–water partition coefficient (Wildman–Crippen LogP) is 4.63. The third-order valence-electron chi connectivity index (χ3n) is 3.28. The van der Waals surface area contributed by atoms with Crippen LogP contribution in [0.1, 0.15) is 17.3 Å². The van der Waals surface area contributed by atoms with E-state index in [9.17, 15) is 14.9 Å². The molecule has 138 valence electrons. The zero-order valence-electron chi connectivity index (χ0n) is 14.3. The highest BCUT2D eigenvalue weighted by atomic mass is 35.5. The molecule has 0 radical (unpaired) electrons. The van der Waals surface area contributed by atoms with E-state index < -0.39 is 11.9 Å². The van der Waals surface area contributed by atoms with Crippen LogP contribution in [-0.4, -0.2) is 18.5 Å². The number of ether oxygens (including phenoxy) is 1. The number of para-hydroxylation sites is 1. The largest absolute Gasteiger partial charge is 0.462 e. The second-order valence-corrected chi connectivity index (χ2v) is 6.07. The normalized spacial score (nSPS) is 10.7. The standard InChI is InChI=1S/C19H15Cl2N3O3/c1-2-27-19(26)16-5-3-4-6-17(16)24-18(25)12(10-22)11-23-15-8-13(20)7-14(21)9-15/h3-9,11,23H,2H2,1H3,(H,24,25)/b12-11-. The van der Waals surface area contributed by atoms with Crippen LogP contribution in [0.3, 0.4) is 0 Å². The number of amides is 1. The number of anilines is 2. The summed E-state index contributed by atoms with van der Waals surface area (Å²) < 4.78 is 4.96. The van der Waals surface area contributed by atoms with Crippen LogP contribution in [0.25, 0.3) is 0 Å². The van der Waals surface area contributed by atoms with Crippen LogP contribution in [-0.2, 0) is 9.53 Å². The highest BCUT2D eigenvalue weighted by molar-refractivity contribution is 6.35. The van der Waals surface area contributed by atoms with Crippen molar-refractivity contribution in [3.63, 3.8) is 0 Å². The summed E-state index contributed by atoms with van der Waals surface area (Å²) in [5.74, 6) is -1.25. The summed E-state index contributed by atoms with van der Waals surface area (Å²) in [6.45, 7) is 1.89. The van der Waals surface area contributed by atoms with E-state index in [1.54, 1.807) is 49.4 Å². The number of nitrogens with zero attached hydrogens (tertiary/aromatic N) is 1. The van der Waals surface area contributed by atoms with E-state index in [1.165, 1.54) is 12.3 Å². The fourth-order valence-electron chi connectivity index (χ4n) is 2.11. The van der Waals surface area contributed by atoms with Crippen LogP contribution in [0.2, 0.25) is 10.0 Å². The Morgan fingerprint density at radius 3 is 2.48 bits per heavy atom. The molecule has 0 aliphatic carbocycles. The Kier molecular flexibility index (Phi) is 7.24. The average Bonchev–Trinajstić information content (AvgIpc) is 2.62. The number of nitrogens with one attached hydrogen (secondary N) is 2. The van der Waals surface area contributed by atoms with Gasteiger partial charge in [0.25, 0.3) is 5.91 Å². The second-order valence-electron chi connectivity index (χ2n) is 5.19. The number of carbonyl (C=O) groups excluding carboxylic acids is 2. The molecule has 2 N–H and O–H groups in total. The van der Waals surface area contributed by atoms with Gasteiger partial charge >= 0.3 is 5.97 Å². The lowest BCUT2D eigenvalue weighted by molar-refractivity contribution is -0.112. The van der Waals surface area contributed by atoms with Gasteiger partial charge in [-0.2, -0.15) is 5.26 Å². The van der Waals surface area contributed by atoms with Gasteiger partial charge in [0.15, 0.2) is 0 Å². The zero-order chi connectivity index (χ0) is 19.8. The maximum absolute atomic E-state index is 12.4. The smallest absolute Gasteiger partial charge is 0.340 e. The lowest BCUT2D eigenvalue weighted by Gasteiger charge is -2.10. The van der Waals surface area contributed by atoms with E-state index in [4.69, 9.17) is 27.9 Å². The topological polar surface area (TPSA) is 91.2 Å². The first kappa shape index (κ1) is 20.3. The Labute approximate surface area is 166 Å². The Hall–Kier alpha value is -3.01. The van der Waals surface area contributed by atoms with Crippen LogP contribution in [0, 0.1) is 11.3 Å². The first-order valence-corrected chi connectivity index (χ1v) is 8.60. The van der Waals surface area contributed by atoms with Gasteiger partial charge in [-0.1, -0.05) is 35.3 Å². The van der Waals surface area contributed by atoms with Gasteiger partial charge in [0, 0.05) is 21.9 Å². The van der Waals surface area contributed by atoms with Crippen molar-refractivity contribution in [2.45, 2.75) is 6.92 Å². The molecule has 0 saturated carbocycles. The lowest BCUT2D eigenvalue weighted by Crippen LogP contribution is -2.17. The minimum Gasteiger partial charge on any atom is -0.462 e. The van der Waals surface area contributed by atoms with Gasteiger partial charge in [-0.15, -0.1) is 0 Å². The minimum atomic E-state index is -0.685. The van der Waals surface area contributed by atoms with E-state index in [-0.39, 0.29) is 23.4 Å². The summed E-state index contributed by atoms with van der Waals surface area (Å²) in [7, 11) is 0. The van der Waals surface area contributed by atoms with Gasteiger partial charge in [0.1, 0.15) is 11.6 Å². The van der Waals surface area contributed by atoms with E-state index in [2.05, 4.69) is 10.6 Å². The number of hydrogen-bond donors (Lipinski definition) is 2. The molecule has 2 aromatic carbocycles. The van der Waals surface area contributed by atoms with Gasteiger partial charge in [0.05, 0.1) is 17.9 Å². The summed E-state index contributed by atoms with van der Waals surface area (Å²) in [6.07, 6.45) is 1.23. The summed E-state index contributed by atoms with van der Waals surface area (Å²) in [5, 5.41) is 15.4. The number of rotatable bonds is 6.